The highest BCUT2D eigenvalue weighted by atomic mass is 32.2. The highest BCUT2D eigenvalue weighted by molar-refractivity contribution is 7.98. The van der Waals surface area contributed by atoms with E-state index in [1.54, 1.807) is 38.4 Å². The number of aromatic nitrogens is 1. The fraction of sp³-hybridized carbons (Fsp3) is 0.217. The van der Waals surface area contributed by atoms with Crippen LogP contribution in [0.1, 0.15) is 24.2 Å². The molecule has 0 atom stereocenters. The highest BCUT2D eigenvalue weighted by Crippen LogP contribution is 2.33. The molecule has 33 heavy (non-hydrogen) atoms. The Kier molecular flexibility index (Phi) is 8.06. The fourth-order valence-electron chi connectivity index (χ4n) is 3.11. The normalized spacial score (nSPS) is 11.4. The van der Waals surface area contributed by atoms with Crippen molar-refractivity contribution in [2.24, 2.45) is 0 Å². The summed E-state index contributed by atoms with van der Waals surface area (Å²) in [6.45, 7) is 4.12. The third-order valence-corrected chi connectivity index (χ3v) is 7.55. The number of rotatable bonds is 9. The van der Waals surface area contributed by atoms with Gasteiger partial charge in [0.2, 0.25) is 10.0 Å². The van der Waals surface area contributed by atoms with Gasteiger partial charge < -0.3 is 10.1 Å². The van der Waals surface area contributed by atoms with Crippen LogP contribution in [-0.4, -0.2) is 43.0 Å². The van der Waals surface area contributed by atoms with Crippen molar-refractivity contribution < 1.29 is 22.3 Å². The SMILES string of the molecule is CCN(CC)S(=O)(=O)c1ccc(Oc2ccc(F)cc2)c(NC(=O)c2cccnc2SC)c1. The van der Waals surface area contributed by atoms with Crippen LogP contribution in [0.4, 0.5) is 10.1 Å². The van der Waals surface area contributed by atoms with Crippen molar-refractivity contribution in [1.29, 1.82) is 0 Å². The Balaban J connectivity index is 2.04. The first kappa shape index (κ1) is 24.7. The van der Waals surface area contributed by atoms with Gasteiger partial charge in [-0.1, -0.05) is 13.8 Å². The predicted molar refractivity (Wildman–Crippen MR) is 127 cm³/mol. The molecule has 174 valence electrons. The molecule has 1 heterocycles. The number of thioether (sulfide) groups is 1. The maximum atomic E-state index is 13.3. The van der Waals surface area contributed by atoms with Crippen LogP contribution in [0.5, 0.6) is 11.5 Å². The molecule has 1 amide bonds. The van der Waals surface area contributed by atoms with Crippen LogP contribution in [0.3, 0.4) is 0 Å². The topological polar surface area (TPSA) is 88.6 Å². The minimum Gasteiger partial charge on any atom is -0.455 e. The van der Waals surface area contributed by atoms with Gasteiger partial charge in [-0.25, -0.2) is 17.8 Å². The molecular weight excluding hydrogens is 465 g/mol. The number of carbonyl (C=O) groups is 1. The monoisotopic (exact) mass is 489 g/mol. The average molecular weight is 490 g/mol. The van der Waals surface area contributed by atoms with E-state index in [2.05, 4.69) is 10.3 Å². The number of ether oxygens (including phenoxy) is 1. The summed E-state index contributed by atoms with van der Waals surface area (Å²) in [4.78, 5) is 17.2. The van der Waals surface area contributed by atoms with Gasteiger partial charge in [-0.05, 0) is 60.9 Å². The van der Waals surface area contributed by atoms with E-state index in [0.717, 1.165) is 0 Å². The zero-order valence-corrected chi connectivity index (χ0v) is 20.0. The Morgan fingerprint density at radius 2 is 1.82 bits per heavy atom. The lowest BCUT2D eigenvalue weighted by Gasteiger charge is -2.20. The minimum atomic E-state index is -3.77. The van der Waals surface area contributed by atoms with Crippen molar-refractivity contribution >= 4 is 33.4 Å². The van der Waals surface area contributed by atoms with Crippen molar-refractivity contribution in [1.82, 2.24) is 9.29 Å². The van der Waals surface area contributed by atoms with Crippen LogP contribution in [-0.2, 0) is 10.0 Å². The van der Waals surface area contributed by atoms with Crippen LogP contribution in [0.15, 0.2) is 70.7 Å². The van der Waals surface area contributed by atoms with Crippen LogP contribution >= 0.6 is 11.8 Å². The van der Waals surface area contributed by atoms with Gasteiger partial charge in [0.1, 0.15) is 16.6 Å². The summed E-state index contributed by atoms with van der Waals surface area (Å²) in [5.41, 5.74) is 0.503. The van der Waals surface area contributed by atoms with Gasteiger partial charge in [-0.3, -0.25) is 4.79 Å². The number of benzene rings is 2. The predicted octanol–water partition coefficient (Wildman–Crippen LogP) is 5.02. The second kappa shape index (κ2) is 10.8. The lowest BCUT2D eigenvalue weighted by atomic mass is 10.2. The standard InChI is InChI=1S/C23H24FN3O4S2/c1-4-27(5-2)33(29,30)18-12-13-21(31-17-10-8-16(24)9-11-17)20(15-18)26-22(28)19-7-6-14-25-23(19)32-3/h6-15H,4-5H2,1-3H3,(H,26,28). The van der Waals surface area contributed by atoms with Crippen LogP contribution in [0, 0.1) is 5.82 Å². The van der Waals surface area contributed by atoms with Crippen molar-refractivity contribution in [2.45, 2.75) is 23.8 Å². The van der Waals surface area contributed by atoms with Gasteiger partial charge in [0.15, 0.2) is 5.75 Å². The largest absolute Gasteiger partial charge is 0.455 e. The van der Waals surface area contributed by atoms with E-state index in [1.807, 2.05) is 0 Å². The smallest absolute Gasteiger partial charge is 0.258 e. The van der Waals surface area contributed by atoms with Crippen LogP contribution in [0.2, 0.25) is 0 Å². The Hall–Kier alpha value is -2.95. The Labute approximate surface area is 197 Å². The third kappa shape index (κ3) is 5.70. The second-order valence-corrected chi connectivity index (χ2v) is 9.55. The first-order chi connectivity index (χ1) is 15.8. The molecule has 0 saturated carbocycles. The number of anilines is 1. The first-order valence-corrected chi connectivity index (χ1v) is 12.8. The number of halogens is 1. The highest BCUT2D eigenvalue weighted by Gasteiger charge is 2.24. The summed E-state index contributed by atoms with van der Waals surface area (Å²) >= 11 is 1.32. The van der Waals surface area contributed by atoms with E-state index < -0.39 is 21.7 Å². The van der Waals surface area contributed by atoms with Crippen LogP contribution < -0.4 is 10.1 Å². The summed E-state index contributed by atoms with van der Waals surface area (Å²) in [6, 6.07) is 12.9. The third-order valence-electron chi connectivity index (χ3n) is 4.79. The molecule has 0 unspecified atom stereocenters. The number of hydrogen-bond acceptors (Lipinski definition) is 6. The Bertz CT molecular complexity index is 1230. The maximum Gasteiger partial charge on any atom is 0.258 e. The van der Waals surface area contributed by atoms with E-state index in [0.29, 0.717) is 29.4 Å². The van der Waals surface area contributed by atoms with Gasteiger partial charge in [-0.2, -0.15) is 4.31 Å². The van der Waals surface area contributed by atoms with Crippen molar-refractivity contribution in [2.75, 3.05) is 24.7 Å². The fourth-order valence-corrected chi connectivity index (χ4v) is 5.15. The van der Waals surface area contributed by atoms with Crippen molar-refractivity contribution in [3.8, 4) is 11.5 Å². The molecule has 10 heteroatoms. The van der Waals surface area contributed by atoms with Gasteiger partial charge in [-0.15, -0.1) is 11.8 Å². The molecule has 0 aliphatic rings. The lowest BCUT2D eigenvalue weighted by molar-refractivity contribution is 0.102. The second-order valence-electron chi connectivity index (χ2n) is 6.82. The molecule has 7 nitrogen and oxygen atoms in total. The van der Waals surface area contributed by atoms with E-state index in [4.69, 9.17) is 4.74 Å². The molecule has 0 spiro atoms. The molecular formula is C23H24FN3O4S2. The Morgan fingerprint density at radius 1 is 1.12 bits per heavy atom. The quantitative estimate of drug-likeness (QED) is 0.425. The number of carbonyl (C=O) groups excluding carboxylic acids is 1. The molecule has 0 radical (unpaired) electrons. The van der Waals surface area contributed by atoms with E-state index in [9.17, 15) is 17.6 Å². The molecule has 3 aromatic rings. The van der Waals surface area contributed by atoms with Gasteiger partial charge in [0.05, 0.1) is 16.1 Å². The molecule has 0 aliphatic carbocycles. The van der Waals surface area contributed by atoms with Crippen molar-refractivity contribution in [3.63, 3.8) is 0 Å². The van der Waals surface area contributed by atoms with Crippen molar-refractivity contribution in [3.05, 3.63) is 72.2 Å². The summed E-state index contributed by atoms with van der Waals surface area (Å²) in [7, 11) is -3.77. The number of sulfonamides is 1. The van der Waals surface area contributed by atoms with Gasteiger partial charge in [0.25, 0.3) is 5.91 Å². The molecule has 2 aromatic carbocycles. The minimum absolute atomic E-state index is 0.0178. The van der Waals surface area contributed by atoms with Crippen LogP contribution in [0.25, 0.3) is 0 Å². The summed E-state index contributed by atoms with van der Waals surface area (Å²) in [5, 5.41) is 3.28. The lowest BCUT2D eigenvalue weighted by Crippen LogP contribution is -2.30. The molecule has 0 fully saturated rings. The van der Waals surface area contributed by atoms with E-state index in [-0.39, 0.29) is 16.3 Å². The zero-order valence-electron chi connectivity index (χ0n) is 18.4. The zero-order chi connectivity index (χ0) is 24.0. The summed E-state index contributed by atoms with van der Waals surface area (Å²) in [5.74, 6) is -0.341. The molecule has 0 saturated heterocycles. The van der Waals surface area contributed by atoms with Gasteiger partial charge >= 0.3 is 0 Å². The number of amides is 1. The molecule has 1 aromatic heterocycles. The van der Waals surface area contributed by atoms with E-state index in [1.165, 1.54) is 58.5 Å². The molecule has 0 bridgehead atoms. The average Bonchev–Trinajstić information content (AvgIpc) is 2.82. The molecule has 1 N–H and O–H groups in total. The molecule has 0 aliphatic heterocycles. The number of hydrogen-bond donors (Lipinski definition) is 1. The number of nitrogens with zero attached hydrogens (tertiary/aromatic N) is 2. The molecule has 3 rings (SSSR count). The number of pyridine rings is 1. The summed E-state index contributed by atoms with van der Waals surface area (Å²) in [6.07, 6.45) is 3.39. The number of nitrogens with one attached hydrogen (secondary N) is 1. The maximum absolute atomic E-state index is 13.3. The Morgan fingerprint density at radius 3 is 2.45 bits per heavy atom. The summed E-state index contributed by atoms with van der Waals surface area (Å²) < 4.78 is 46.5. The van der Waals surface area contributed by atoms with E-state index >= 15 is 0 Å². The van der Waals surface area contributed by atoms with Gasteiger partial charge in [0, 0.05) is 19.3 Å². The first-order valence-electron chi connectivity index (χ1n) is 10.2.